The Morgan fingerprint density at radius 3 is 2.93 bits per heavy atom. The number of rotatable bonds is 4. The zero-order valence-electron chi connectivity index (χ0n) is 14.1. The van der Waals surface area contributed by atoms with E-state index in [9.17, 15) is 9.18 Å². The molecule has 8 heteroatoms. The molecule has 1 fully saturated rings. The van der Waals surface area contributed by atoms with Crippen molar-refractivity contribution in [3.63, 3.8) is 0 Å². The van der Waals surface area contributed by atoms with Gasteiger partial charge in [0, 0.05) is 11.6 Å². The van der Waals surface area contributed by atoms with E-state index in [1.165, 1.54) is 23.5 Å². The standard InChI is InChI=1S/C19H15Cl2FN2O2S/c20-11-3-5-15(21)14(8-11)18(25)24(10-13-2-1-7-26-13)19-23-16-6-4-12(22)9-17(16)27-19/h3-6,8-9,13H,1-2,7,10H2. The maximum absolute atomic E-state index is 13.5. The second-order valence-electron chi connectivity index (χ2n) is 6.28. The summed E-state index contributed by atoms with van der Waals surface area (Å²) in [6, 6.07) is 9.14. The van der Waals surface area contributed by atoms with Gasteiger partial charge in [0.05, 0.1) is 33.5 Å². The molecule has 1 aliphatic heterocycles. The van der Waals surface area contributed by atoms with E-state index >= 15 is 0 Å². The lowest BCUT2D eigenvalue weighted by molar-refractivity contribution is 0.0917. The van der Waals surface area contributed by atoms with Crippen molar-refractivity contribution < 1.29 is 13.9 Å². The first-order valence-electron chi connectivity index (χ1n) is 8.46. The third-order valence-electron chi connectivity index (χ3n) is 4.38. The van der Waals surface area contributed by atoms with Crippen molar-refractivity contribution >= 4 is 55.8 Å². The number of carbonyl (C=O) groups is 1. The molecular formula is C19H15Cl2FN2O2S. The number of halogens is 3. The van der Waals surface area contributed by atoms with Crippen LogP contribution in [-0.4, -0.2) is 30.1 Å². The van der Waals surface area contributed by atoms with Crippen molar-refractivity contribution in [1.29, 1.82) is 0 Å². The fraction of sp³-hybridized carbons (Fsp3) is 0.263. The SMILES string of the molecule is O=C(c1cc(Cl)ccc1Cl)N(CC1CCCO1)c1nc2ccc(F)cc2s1. The molecule has 4 rings (SSSR count). The number of nitrogens with zero attached hydrogens (tertiary/aromatic N) is 2. The molecule has 1 aromatic heterocycles. The van der Waals surface area contributed by atoms with Gasteiger partial charge in [0.15, 0.2) is 5.13 Å². The summed E-state index contributed by atoms with van der Waals surface area (Å²) in [6.45, 7) is 1.03. The van der Waals surface area contributed by atoms with E-state index in [1.807, 2.05) is 0 Å². The number of aromatic nitrogens is 1. The van der Waals surface area contributed by atoms with E-state index in [1.54, 1.807) is 29.2 Å². The number of ether oxygens (including phenoxy) is 1. The average Bonchev–Trinajstić information content (AvgIpc) is 3.30. The zero-order valence-corrected chi connectivity index (χ0v) is 16.5. The predicted molar refractivity (Wildman–Crippen MR) is 107 cm³/mol. The molecule has 140 valence electrons. The number of thiazole rings is 1. The summed E-state index contributed by atoms with van der Waals surface area (Å²) in [7, 11) is 0. The molecule has 0 spiro atoms. The third kappa shape index (κ3) is 3.94. The van der Waals surface area contributed by atoms with Gasteiger partial charge in [0.1, 0.15) is 5.82 Å². The van der Waals surface area contributed by atoms with Crippen LogP contribution in [-0.2, 0) is 4.74 Å². The minimum Gasteiger partial charge on any atom is -0.376 e. The molecule has 1 unspecified atom stereocenters. The summed E-state index contributed by atoms with van der Waals surface area (Å²) in [5.74, 6) is -0.648. The van der Waals surface area contributed by atoms with Crippen LogP contribution in [0.1, 0.15) is 23.2 Å². The molecular weight excluding hydrogens is 410 g/mol. The fourth-order valence-electron chi connectivity index (χ4n) is 3.05. The van der Waals surface area contributed by atoms with Gasteiger partial charge in [-0.15, -0.1) is 0 Å². The van der Waals surface area contributed by atoms with Gasteiger partial charge in [-0.05, 0) is 49.2 Å². The Kier molecular flexibility index (Phi) is 5.32. The predicted octanol–water partition coefficient (Wildman–Crippen LogP) is 5.57. The Labute approximate surface area is 169 Å². The first kappa shape index (κ1) is 18.6. The summed E-state index contributed by atoms with van der Waals surface area (Å²) in [4.78, 5) is 19.3. The van der Waals surface area contributed by atoms with Crippen LogP contribution < -0.4 is 4.90 Å². The van der Waals surface area contributed by atoms with Gasteiger partial charge in [-0.3, -0.25) is 9.69 Å². The normalized spacial score (nSPS) is 16.8. The van der Waals surface area contributed by atoms with Gasteiger partial charge in [-0.1, -0.05) is 34.5 Å². The van der Waals surface area contributed by atoms with Crippen LogP contribution in [0.3, 0.4) is 0 Å². The average molecular weight is 425 g/mol. The van der Waals surface area contributed by atoms with Gasteiger partial charge in [0.2, 0.25) is 0 Å². The van der Waals surface area contributed by atoms with Crippen molar-refractivity contribution in [3.05, 3.63) is 57.8 Å². The zero-order chi connectivity index (χ0) is 19.0. The maximum Gasteiger partial charge on any atom is 0.261 e. The van der Waals surface area contributed by atoms with E-state index in [-0.39, 0.29) is 17.8 Å². The molecule has 27 heavy (non-hydrogen) atoms. The lowest BCUT2D eigenvalue weighted by Gasteiger charge is -2.23. The highest BCUT2D eigenvalue weighted by molar-refractivity contribution is 7.22. The molecule has 1 amide bonds. The monoisotopic (exact) mass is 424 g/mol. The molecule has 0 aliphatic carbocycles. The summed E-state index contributed by atoms with van der Waals surface area (Å²) in [5.41, 5.74) is 0.936. The quantitative estimate of drug-likeness (QED) is 0.549. The second-order valence-corrected chi connectivity index (χ2v) is 8.14. The largest absolute Gasteiger partial charge is 0.376 e. The Morgan fingerprint density at radius 2 is 2.15 bits per heavy atom. The minimum atomic E-state index is -0.340. The number of fused-ring (bicyclic) bond motifs is 1. The number of hydrogen-bond acceptors (Lipinski definition) is 4. The molecule has 0 bridgehead atoms. The van der Waals surface area contributed by atoms with Gasteiger partial charge < -0.3 is 4.74 Å². The fourth-order valence-corrected chi connectivity index (χ4v) is 4.42. The molecule has 1 aliphatic rings. The van der Waals surface area contributed by atoms with Crippen LogP contribution in [0.5, 0.6) is 0 Å². The Hall–Kier alpha value is -1.73. The van der Waals surface area contributed by atoms with E-state index in [2.05, 4.69) is 4.98 Å². The molecule has 2 aromatic carbocycles. The Balaban J connectivity index is 1.75. The summed E-state index contributed by atoms with van der Waals surface area (Å²) >= 11 is 13.5. The number of hydrogen-bond donors (Lipinski definition) is 0. The number of benzene rings is 2. The summed E-state index contributed by atoms with van der Waals surface area (Å²) in [5, 5.41) is 1.22. The maximum atomic E-state index is 13.5. The van der Waals surface area contributed by atoms with Crippen molar-refractivity contribution in [2.24, 2.45) is 0 Å². The van der Waals surface area contributed by atoms with E-state index < -0.39 is 0 Å². The molecule has 3 aromatic rings. The number of carbonyl (C=O) groups excluding carboxylic acids is 1. The molecule has 1 atom stereocenters. The minimum absolute atomic E-state index is 0.0735. The first-order valence-corrected chi connectivity index (χ1v) is 10.0. The first-order chi connectivity index (χ1) is 13.0. The van der Waals surface area contributed by atoms with Crippen molar-refractivity contribution in [1.82, 2.24) is 4.98 Å². The van der Waals surface area contributed by atoms with E-state index in [4.69, 9.17) is 27.9 Å². The van der Waals surface area contributed by atoms with Crippen LogP contribution in [0.15, 0.2) is 36.4 Å². The molecule has 0 N–H and O–H groups in total. The highest BCUT2D eigenvalue weighted by Crippen LogP contribution is 2.32. The van der Waals surface area contributed by atoms with Gasteiger partial charge in [-0.2, -0.15) is 0 Å². The summed E-state index contributed by atoms with van der Waals surface area (Å²) in [6.07, 6.45) is 1.75. The Morgan fingerprint density at radius 1 is 1.30 bits per heavy atom. The second kappa shape index (κ2) is 7.72. The van der Waals surface area contributed by atoms with Crippen LogP contribution in [0, 0.1) is 5.82 Å². The number of anilines is 1. The lowest BCUT2D eigenvalue weighted by Crippen LogP contribution is -2.37. The molecule has 1 saturated heterocycles. The lowest BCUT2D eigenvalue weighted by atomic mass is 10.1. The van der Waals surface area contributed by atoms with Gasteiger partial charge in [-0.25, -0.2) is 9.37 Å². The molecule has 0 radical (unpaired) electrons. The third-order valence-corrected chi connectivity index (χ3v) is 5.99. The van der Waals surface area contributed by atoms with Gasteiger partial charge in [0.25, 0.3) is 5.91 Å². The summed E-state index contributed by atoms with van der Waals surface area (Å²) < 4.78 is 19.9. The van der Waals surface area contributed by atoms with Crippen LogP contribution in [0.2, 0.25) is 10.0 Å². The molecule has 0 saturated carbocycles. The molecule has 4 nitrogen and oxygen atoms in total. The van der Waals surface area contributed by atoms with Crippen LogP contribution in [0.25, 0.3) is 10.2 Å². The van der Waals surface area contributed by atoms with Crippen LogP contribution >= 0.6 is 34.5 Å². The highest BCUT2D eigenvalue weighted by atomic mass is 35.5. The van der Waals surface area contributed by atoms with E-state index in [0.717, 1.165) is 12.8 Å². The molecule has 2 heterocycles. The van der Waals surface area contributed by atoms with Crippen molar-refractivity contribution in [2.45, 2.75) is 18.9 Å². The Bertz CT molecular complexity index is 1000. The highest BCUT2D eigenvalue weighted by Gasteiger charge is 2.28. The number of amides is 1. The van der Waals surface area contributed by atoms with Crippen LogP contribution in [0.4, 0.5) is 9.52 Å². The van der Waals surface area contributed by atoms with Gasteiger partial charge >= 0.3 is 0 Å². The van der Waals surface area contributed by atoms with E-state index in [0.29, 0.717) is 44.1 Å². The van der Waals surface area contributed by atoms with Crippen molar-refractivity contribution in [2.75, 3.05) is 18.1 Å². The smallest absolute Gasteiger partial charge is 0.261 e. The van der Waals surface area contributed by atoms with Crippen molar-refractivity contribution in [3.8, 4) is 0 Å². The topological polar surface area (TPSA) is 42.4 Å².